The van der Waals surface area contributed by atoms with E-state index in [0.717, 1.165) is 12.8 Å². The van der Waals surface area contributed by atoms with Crippen LogP contribution in [-0.4, -0.2) is 61.6 Å². The van der Waals surface area contributed by atoms with Crippen molar-refractivity contribution in [2.45, 2.75) is 43.9 Å². The molecule has 3 amide bonds. The predicted octanol–water partition coefficient (Wildman–Crippen LogP) is 2.15. The molecule has 2 heterocycles. The summed E-state index contributed by atoms with van der Waals surface area (Å²) >= 11 is 0. The second-order valence-electron chi connectivity index (χ2n) is 8.49. The first-order chi connectivity index (χ1) is 15.8. The first kappa shape index (κ1) is 23.4. The molecular weight excluding hydrogens is 446 g/mol. The van der Waals surface area contributed by atoms with Crippen LogP contribution < -0.4 is 10.1 Å². The molecule has 0 saturated carbocycles. The number of hydrogen-bond acceptors (Lipinski definition) is 6. The molecule has 9 nitrogen and oxygen atoms in total. The number of imide groups is 1. The number of ether oxygens (including phenoxy) is 1. The number of nitrogens with one attached hydrogen (secondary N) is 1. The van der Waals surface area contributed by atoms with Gasteiger partial charge in [-0.25, -0.2) is 8.42 Å². The smallest absolute Gasteiger partial charge is 0.246 e. The van der Waals surface area contributed by atoms with Crippen molar-refractivity contribution in [1.82, 2.24) is 9.21 Å². The summed E-state index contributed by atoms with van der Waals surface area (Å²) in [5.74, 6) is -1.25. The number of carbonyl (C=O) groups excluding carboxylic acids is 3. The highest BCUT2D eigenvalue weighted by Gasteiger charge is 2.46. The second-order valence-corrected chi connectivity index (χ2v) is 10.4. The molecule has 4 rings (SSSR count). The number of carbonyl (C=O) groups is 3. The molecule has 10 heteroatoms. The van der Waals surface area contributed by atoms with Crippen molar-refractivity contribution in [2.75, 3.05) is 31.6 Å². The van der Waals surface area contributed by atoms with Gasteiger partial charge in [0, 0.05) is 31.7 Å². The molecule has 1 aromatic rings. The molecule has 1 aliphatic carbocycles. The summed E-state index contributed by atoms with van der Waals surface area (Å²) < 4.78 is 33.2. The van der Waals surface area contributed by atoms with Crippen molar-refractivity contribution in [3.8, 4) is 5.75 Å². The van der Waals surface area contributed by atoms with Gasteiger partial charge in [0.15, 0.2) is 0 Å². The van der Waals surface area contributed by atoms with Gasteiger partial charge in [-0.1, -0.05) is 12.2 Å². The molecular formula is C23H29N3O6S. The quantitative estimate of drug-likeness (QED) is 0.455. The van der Waals surface area contributed by atoms with E-state index < -0.39 is 15.9 Å². The van der Waals surface area contributed by atoms with E-state index in [4.69, 9.17) is 4.74 Å². The molecule has 0 radical (unpaired) electrons. The highest BCUT2D eigenvalue weighted by atomic mass is 32.2. The van der Waals surface area contributed by atoms with E-state index in [0.29, 0.717) is 38.2 Å². The van der Waals surface area contributed by atoms with E-state index in [-0.39, 0.29) is 47.3 Å². The number of anilines is 1. The highest BCUT2D eigenvalue weighted by molar-refractivity contribution is 7.89. The standard InChI is InChI=1S/C23H29N3O6S/c1-2-32-19-10-9-16(15-20(19)33(30,31)25-12-5-6-13-25)24-21(27)11-14-26-22(28)17-7-3-4-8-18(17)23(26)29/h3-4,9-10,15,17-18H,2,5-8,11-14H2,1H3,(H,24,27)/t17-,18-/m0/s1. The van der Waals surface area contributed by atoms with Crippen LogP contribution in [0.5, 0.6) is 5.75 Å². The van der Waals surface area contributed by atoms with Crippen molar-refractivity contribution in [2.24, 2.45) is 11.8 Å². The van der Waals surface area contributed by atoms with Crippen LogP contribution in [0.25, 0.3) is 0 Å². The molecule has 178 valence electrons. The summed E-state index contributed by atoms with van der Waals surface area (Å²) in [6.07, 6.45) is 6.50. The van der Waals surface area contributed by atoms with Crippen molar-refractivity contribution in [3.05, 3.63) is 30.4 Å². The Bertz CT molecular complexity index is 1050. The lowest BCUT2D eigenvalue weighted by Gasteiger charge is -2.19. The van der Waals surface area contributed by atoms with Crippen molar-refractivity contribution < 1.29 is 27.5 Å². The number of likely N-dealkylation sites (tertiary alicyclic amines) is 1. The Labute approximate surface area is 193 Å². The van der Waals surface area contributed by atoms with Crippen LogP contribution in [0.2, 0.25) is 0 Å². The van der Waals surface area contributed by atoms with Gasteiger partial charge in [0.05, 0.1) is 18.4 Å². The molecule has 0 spiro atoms. The number of nitrogens with zero attached hydrogens (tertiary/aromatic N) is 2. The van der Waals surface area contributed by atoms with E-state index >= 15 is 0 Å². The van der Waals surface area contributed by atoms with Crippen LogP contribution in [0.15, 0.2) is 35.2 Å². The molecule has 2 atom stereocenters. The lowest BCUT2D eigenvalue weighted by atomic mass is 9.85. The maximum atomic E-state index is 13.1. The van der Waals surface area contributed by atoms with Crippen LogP contribution >= 0.6 is 0 Å². The van der Waals surface area contributed by atoms with Crippen LogP contribution in [0, 0.1) is 11.8 Å². The number of rotatable bonds is 8. The zero-order valence-electron chi connectivity index (χ0n) is 18.7. The third-order valence-electron chi connectivity index (χ3n) is 6.37. The van der Waals surface area contributed by atoms with Gasteiger partial charge in [0.25, 0.3) is 0 Å². The first-order valence-electron chi connectivity index (χ1n) is 11.4. The molecule has 0 aromatic heterocycles. The number of hydrogen-bond donors (Lipinski definition) is 1. The predicted molar refractivity (Wildman–Crippen MR) is 121 cm³/mol. The highest BCUT2D eigenvalue weighted by Crippen LogP contribution is 2.35. The van der Waals surface area contributed by atoms with E-state index in [1.165, 1.54) is 21.3 Å². The summed E-state index contributed by atoms with van der Waals surface area (Å²) in [6, 6.07) is 4.52. The van der Waals surface area contributed by atoms with Gasteiger partial charge >= 0.3 is 0 Å². The van der Waals surface area contributed by atoms with Gasteiger partial charge in [0.2, 0.25) is 27.7 Å². The topological polar surface area (TPSA) is 113 Å². The maximum absolute atomic E-state index is 13.1. The lowest BCUT2D eigenvalue weighted by Crippen LogP contribution is -2.34. The Morgan fingerprint density at radius 1 is 1.09 bits per heavy atom. The molecule has 33 heavy (non-hydrogen) atoms. The minimum atomic E-state index is -3.75. The number of sulfonamides is 1. The number of allylic oxidation sites excluding steroid dienone is 2. The van der Waals surface area contributed by atoms with Crippen molar-refractivity contribution in [3.63, 3.8) is 0 Å². The fourth-order valence-corrected chi connectivity index (χ4v) is 6.33. The van der Waals surface area contributed by atoms with E-state index in [1.54, 1.807) is 13.0 Å². The monoisotopic (exact) mass is 475 g/mol. The number of fused-ring (bicyclic) bond motifs is 1. The van der Waals surface area contributed by atoms with Gasteiger partial charge in [-0.2, -0.15) is 4.31 Å². The van der Waals surface area contributed by atoms with Gasteiger partial charge < -0.3 is 10.1 Å². The van der Waals surface area contributed by atoms with E-state index in [9.17, 15) is 22.8 Å². The maximum Gasteiger partial charge on any atom is 0.246 e. The molecule has 2 aliphatic heterocycles. The fourth-order valence-electron chi connectivity index (χ4n) is 4.66. The molecule has 0 bridgehead atoms. The Balaban J connectivity index is 1.44. The molecule has 1 aromatic carbocycles. The summed E-state index contributed by atoms with van der Waals surface area (Å²) in [7, 11) is -3.75. The SMILES string of the molecule is CCOc1ccc(NC(=O)CCN2C(=O)[C@H]3CC=CC[C@@H]3C2=O)cc1S(=O)(=O)N1CCCC1. The van der Waals surface area contributed by atoms with Gasteiger partial charge in [-0.3, -0.25) is 19.3 Å². The minimum absolute atomic E-state index is 0.00641. The summed E-state index contributed by atoms with van der Waals surface area (Å²) in [4.78, 5) is 38.9. The zero-order chi connectivity index (χ0) is 23.6. The number of benzene rings is 1. The van der Waals surface area contributed by atoms with Crippen LogP contribution in [0.3, 0.4) is 0 Å². The average Bonchev–Trinajstić information content (AvgIpc) is 3.43. The van der Waals surface area contributed by atoms with E-state index in [1.807, 2.05) is 12.2 Å². The summed E-state index contributed by atoms with van der Waals surface area (Å²) in [5.41, 5.74) is 0.318. The number of amides is 3. The second kappa shape index (κ2) is 9.64. The fraction of sp³-hybridized carbons (Fsp3) is 0.522. The van der Waals surface area contributed by atoms with Crippen LogP contribution in [0.4, 0.5) is 5.69 Å². The average molecular weight is 476 g/mol. The third kappa shape index (κ3) is 4.67. The van der Waals surface area contributed by atoms with Crippen molar-refractivity contribution in [1.29, 1.82) is 0 Å². The minimum Gasteiger partial charge on any atom is -0.492 e. The van der Waals surface area contributed by atoms with Gasteiger partial charge in [0.1, 0.15) is 10.6 Å². The molecule has 2 saturated heterocycles. The third-order valence-corrected chi connectivity index (χ3v) is 8.29. The van der Waals surface area contributed by atoms with Gasteiger partial charge in [-0.15, -0.1) is 0 Å². The van der Waals surface area contributed by atoms with Crippen LogP contribution in [0.1, 0.15) is 39.0 Å². The molecule has 0 unspecified atom stereocenters. The van der Waals surface area contributed by atoms with Gasteiger partial charge in [-0.05, 0) is 50.8 Å². The Hall–Kier alpha value is -2.72. The Morgan fingerprint density at radius 2 is 1.73 bits per heavy atom. The Morgan fingerprint density at radius 3 is 2.33 bits per heavy atom. The molecule has 2 fully saturated rings. The Kier molecular flexibility index (Phi) is 6.85. The zero-order valence-corrected chi connectivity index (χ0v) is 19.5. The largest absolute Gasteiger partial charge is 0.492 e. The normalized spacial score (nSPS) is 23.1. The molecule has 3 aliphatic rings. The summed E-state index contributed by atoms with van der Waals surface area (Å²) in [5, 5.41) is 2.69. The van der Waals surface area contributed by atoms with Crippen LogP contribution in [-0.2, 0) is 24.4 Å². The van der Waals surface area contributed by atoms with Crippen molar-refractivity contribution >= 4 is 33.4 Å². The summed E-state index contributed by atoms with van der Waals surface area (Å²) in [6.45, 7) is 3.00. The van der Waals surface area contributed by atoms with E-state index in [2.05, 4.69) is 5.32 Å². The molecule has 1 N–H and O–H groups in total. The first-order valence-corrected chi connectivity index (χ1v) is 12.8. The lowest BCUT2D eigenvalue weighted by molar-refractivity contribution is -0.140.